The SMILES string of the molecule is COc1ccc(NC(=O)[C@H](Cc2ccccc2)NC(=O)OCc2ccccc2)cc1O. The monoisotopic (exact) mass is 420 g/mol. The van der Waals surface area contributed by atoms with Crippen molar-refractivity contribution in [2.45, 2.75) is 19.1 Å². The van der Waals surface area contributed by atoms with E-state index in [1.807, 2.05) is 60.7 Å². The molecule has 0 unspecified atom stereocenters. The van der Waals surface area contributed by atoms with E-state index in [2.05, 4.69) is 10.6 Å². The normalized spacial score (nSPS) is 11.3. The van der Waals surface area contributed by atoms with Gasteiger partial charge < -0.3 is 25.2 Å². The third-order valence-electron chi connectivity index (χ3n) is 4.55. The number of ether oxygens (including phenoxy) is 2. The van der Waals surface area contributed by atoms with Gasteiger partial charge in [-0.1, -0.05) is 60.7 Å². The van der Waals surface area contributed by atoms with Gasteiger partial charge >= 0.3 is 6.09 Å². The number of alkyl carbamates (subject to hydrolysis) is 1. The molecule has 3 aromatic carbocycles. The van der Waals surface area contributed by atoms with Crippen LogP contribution in [0.25, 0.3) is 0 Å². The van der Waals surface area contributed by atoms with Crippen molar-refractivity contribution in [1.82, 2.24) is 5.32 Å². The highest BCUT2D eigenvalue weighted by atomic mass is 16.5. The molecular formula is C24H24N2O5. The second kappa shape index (κ2) is 10.7. The van der Waals surface area contributed by atoms with Gasteiger partial charge in [0.25, 0.3) is 0 Å². The van der Waals surface area contributed by atoms with Crippen LogP contribution in [0.4, 0.5) is 10.5 Å². The summed E-state index contributed by atoms with van der Waals surface area (Å²) in [6, 6.07) is 22.3. The van der Waals surface area contributed by atoms with E-state index in [1.54, 1.807) is 12.1 Å². The quantitative estimate of drug-likeness (QED) is 0.514. The summed E-state index contributed by atoms with van der Waals surface area (Å²) < 4.78 is 10.3. The number of nitrogens with one attached hydrogen (secondary N) is 2. The van der Waals surface area contributed by atoms with Crippen LogP contribution in [0.15, 0.2) is 78.9 Å². The number of carbonyl (C=O) groups excluding carboxylic acids is 2. The van der Waals surface area contributed by atoms with Gasteiger partial charge in [-0.3, -0.25) is 4.79 Å². The molecule has 0 spiro atoms. The van der Waals surface area contributed by atoms with Crippen LogP contribution in [-0.2, 0) is 22.6 Å². The third-order valence-corrected chi connectivity index (χ3v) is 4.55. The highest BCUT2D eigenvalue weighted by molar-refractivity contribution is 5.97. The van der Waals surface area contributed by atoms with Crippen molar-refractivity contribution in [2.24, 2.45) is 0 Å². The van der Waals surface area contributed by atoms with Crippen molar-refractivity contribution in [3.63, 3.8) is 0 Å². The van der Waals surface area contributed by atoms with Gasteiger partial charge in [-0.15, -0.1) is 0 Å². The largest absolute Gasteiger partial charge is 0.504 e. The molecule has 0 fully saturated rings. The van der Waals surface area contributed by atoms with E-state index in [0.29, 0.717) is 11.4 Å². The summed E-state index contributed by atoms with van der Waals surface area (Å²) in [5, 5.41) is 15.3. The predicted molar refractivity (Wildman–Crippen MR) is 117 cm³/mol. The van der Waals surface area contributed by atoms with Gasteiger partial charge in [-0.05, 0) is 23.3 Å². The number of phenols is 1. The second-order valence-corrected chi connectivity index (χ2v) is 6.82. The Labute approximate surface area is 180 Å². The fraction of sp³-hybridized carbons (Fsp3) is 0.167. The lowest BCUT2D eigenvalue weighted by molar-refractivity contribution is -0.118. The summed E-state index contributed by atoms with van der Waals surface area (Å²) >= 11 is 0. The van der Waals surface area contributed by atoms with Gasteiger partial charge in [0.05, 0.1) is 7.11 Å². The Bertz CT molecular complexity index is 1010. The molecule has 1 atom stereocenters. The highest BCUT2D eigenvalue weighted by Crippen LogP contribution is 2.28. The van der Waals surface area contributed by atoms with E-state index >= 15 is 0 Å². The van der Waals surface area contributed by atoms with Crippen LogP contribution < -0.4 is 15.4 Å². The number of hydrogen-bond donors (Lipinski definition) is 3. The first-order chi connectivity index (χ1) is 15.0. The maximum atomic E-state index is 12.9. The van der Waals surface area contributed by atoms with Gasteiger partial charge in [0, 0.05) is 18.2 Å². The fourth-order valence-electron chi connectivity index (χ4n) is 2.96. The van der Waals surface area contributed by atoms with Gasteiger partial charge in [0.2, 0.25) is 5.91 Å². The molecule has 160 valence electrons. The van der Waals surface area contributed by atoms with Gasteiger partial charge in [0.15, 0.2) is 11.5 Å². The van der Waals surface area contributed by atoms with Crippen LogP contribution in [0, 0.1) is 0 Å². The maximum Gasteiger partial charge on any atom is 0.408 e. The molecule has 0 saturated heterocycles. The summed E-state index contributed by atoms with van der Waals surface area (Å²) in [4.78, 5) is 25.2. The lowest BCUT2D eigenvalue weighted by Crippen LogP contribution is -2.45. The Morgan fingerprint density at radius 2 is 1.58 bits per heavy atom. The lowest BCUT2D eigenvalue weighted by atomic mass is 10.1. The zero-order valence-corrected chi connectivity index (χ0v) is 17.1. The molecule has 2 amide bonds. The molecule has 0 radical (unpaired) electrons. The van der Waals surface area contributed by atoms with E-state index in [-0.39, 0.29) is 18.8 Å². The first kappa shape index (κ1) is 21.7. The summed E-state index contributed by atoms with van der Waals surface area (Å²) in [5.41, 5.74) is 2.10. The van der Waals surface area contributed by atoms with Gasteiger partial charge in [0.1, 0.15) is 12.6 Å². The lowest BCUT2D eigenvalue weighted by Gasteiger charge is -2.19. The Balaban J connectivity index is 1.68. The highest BCUT2D eigenvalue weighted by Gasteiger charge is 2.22. The van der Waals surface area contributed by atoms with E-state index in [4.69, 9.17) is 9.47 Å². The Morgan fingerprint density at radius 1 is 0.935 bits per heavy atom. The smallest absolute Gasteiger partial charge is 0.408 e. The zero-order chi connectivity index (χ0) is 22.1. The Kier molecular flexibility index (Phi) is 7.48. The molecule has 0 heterocycles. The molecule has 3 N–H and O–H groups in total. The number of benzene rings is 3. The van der Waals surface area contributed by atoms with E-state index in [9.17, 15) is 14.7 Å². The molecule has 31 heavy (non-hydrogen) atoms. The molecule has 3 rings (SSSR count). The number of carbonyl (C=O) groups is 2. The molecule has 0 aliphatic carbocycles. The summed E-state index contributed by atoms with van der Waals surface area (Å²) in [6.07, 6.45) is -0.424. The summed E-state index contributed by atoms with van der Waals surface area (Å²) in [6.45, 7) is 0.0959. The number of anilines is 1. The van der Waals surface area contributed by atoms with Crippen molar-refractivity contribution in [2.75, 3.05) is 12.4 Å². The molecule has 0 saturated carbocycles. The molecule has 0 bridgehead atoms. The molecule has 0 aliphatic heterocycles. The Morgan fingerprint density at radius 3 is 2.19 bits per heavy atom. The fourth-order valence-corrected chi connectivity index (χ4v) is 2.96. The second-order valence-electron chi connectivity index (χ2n) is 6.82. The number of hydrogen-bond acceptors (Lipinski definition) is 5. The van der Waals surface area contributed by atoms with E-state index < -0.39 is 18.0 Å². The minimum Gasteiger partial charge on any atom is -0.504 e. The van der Waals surface area contributed by atoms with Crippen LogP contribution in [0.3, 0.4) is 0 Å². The summed E-state index contributed by atoms with van der Waals surface area (Å²) in [7, 11) is 1.44. The van der Waals surface area contributed by atoms with Crippen molar-refractivity contribution < 1.29 is 24.2 Å². The maximum absolute atomic E-state index is 12.9. The van der Waals surface area contributed by atoms with Crippen molar-refractivity contribution in [3.8, 4) is 11.5 Å². The molecule has 0 aliphatic rings. The average molecular weight is 420 g/mol. The van der Waals surface area contributed by atoms with Crippen LogP contribution in [-0.4, -0.2) is 30.3 Å². The molecule has 3 aromatic rings. The topological polar surface area (TPSA) is 96.9 Å². The minimum absolute atomic E-state index is 0.0959. The minimum atomic E-state index is -0.880. The number of amides is 2. The number of aromatic hydroxyl groups is 1. The van der Waals surface area contributed by atoms with E-state index in [0.717, 1.165) is 11.1 Å². The average Bonchev–Trinajstić information content (AvgIpc) is 2.79. The molecular weight excluding hydrogens is 396 g/mol. The molecule has 7 nitrogen and oxygen atoms in total. The van der Waals surface area contributed by atoms with Crippen LogP contribution in [0.1, 0.15) is 11.1 Å². The van der Waals surface area contributed by atoms with Crippen LogP contribution in [0.5, 0.6) is 11.5 Å². The van der Waals surface area contributed by atoms with Crippen LogP contribution >= 0.6 is 0 Å². The number of rotatable bonds is 8. The first-order valence-corrected chi connectivity index (χ1v) is 9.74. The third kappa shape index (κ3) is 6.50. The predicted octanol–water partition coefficient (Wildman–Crippen LogP) is 3.88. The van der Waals surface area contributed by atoms with Crippen LogP contribution in [0.2, 0.25) is 0 Å². The molecule has 7 heteroatoms. The van der Waals surface area contributed by atoms with Crippen molar-refractivity contribution in [1.29, 1.82) is 0 Å². The Hall–Kier alpha value is -4.00. The zero-order valence-electron chi connectivity index (χ0n) is 17.1. The standard InChI is InChI=1S/C24H24N2O5/c1-30-22-13-12-19(15-21(22)27)25-23(28)20(14-17-8-4-2-5-9-17)26-24(29)31-16-18-10-6-3-7-11-18/h2-13,15,20,27H,14,16H2,1H3,(H,25,28)(H,26,29)/t20-/m0/s1. The summed E-state index contributed by atoms with van der Waals surface area (Å²) in [5.74, 6) is -0.248. The van der Waals surface area contributed by atoms with Crippen molar-refractivity contribution >= 4 is 17.7 Å². The van der Waals surface area contributed by atoms with Crippen molar-refractivity contribution in [3.05, 3.63) is 90.0 Å². The van der Waals surface area contributed by atoms with E-state index in [1.165, 1.54) is 13.2 Å². The van der Waals surface area contributed by atoms with Gasteiger partial charge in [-0.25, -0.2) is 4.79 Å². The van der Waals surface area contributed by atoms with Gasteiger partial charge in [-0.2, -0.15) is 0 Å². The number of phenolic OH excluding ortho intramolecular Hbond substituents is 1. The number of methoxy groups -OCH3 is 1. The molecule has 0 aromatic heterocycles. The first-order valence-electron chi connectivity index (χ1n) is 9.74.